The summed E-state index contributed by atoms with van der Waals surface area (Å²) in [6.07, 6.45) is 5.10. The van der Waals surface area contributed by atoms with E-state index >= 15 is 0 Å². The molecular weight excluding hydrogens is 182 g/mol. The van der Waals surface area contributed by atoms with Gasteiger partial charge in [-0.2, -0.15) is 0 Å². The summed E-state index contributed by atoms with van der Waals surface area (Å²) in [6, 6.07) is 5.29. The van der Waals surface area contributed by atoms with E-state index in [-0.39, 0.29) is 0 Å². The van der Waals surface area contributed by atoms with Crippen LogP contribution in [0.1, 0.15) is 0 Å². The van der Waals surface area contributed by atoms with E-state index in [1.54, 1.807) is 24.4 Å². The SMILES string of the molecule is [O-][n+]1cc(-c2ccccn2)c[n+]([O-])c1. The van der Waals surface area contributed by atoms with Crippen LogP contribution < -0.4 is 9.46 Å². The van der Waals surface area contributed by atoms with Crippen LogP contribution in [0.5, 0.6) is 0 Å². The van der Waals surface area contributed by atoms with Gasteiger partial charge in [0.25, 0.3) is 0 Å². The molecule has 0 bridgehead atoms. The smallest absolute Gasteiger partial charge is 0.429 e. The average molecular weight is 189 g/mol. The van der Waals surface area contributed by atoms with Crippen molar-refractivity contribution in [2.45, 2.75) is 0 Å². The molecule has 2 heterocycles. The molecule has 2 rings (SSSR count). The molecule has 0 saturated carbocycles. The molecule has 0 saturated heterocycles. The second kappa shape index (κ2) is 3.29. The maximum atomic E-state index is 11.0. The molecule has 5 nitrogen and oxygen atoms in total. The fourth-order valence-electron chi connectivity index (χ4n) is 1.15. The Hall–Kier alpha value is -2.17. The topological polar surface area (TPSA) is 66.8 Å². The van der Waals surface area contributed by atoms with Gasteiger partial charge >= 0.3 is 6.33 Å². The Labute approximate surface area is 80.1 Å². The lowest BCUT2D eigenvalue weighted by Gasteiger charge is -2.00. The van der Waals surface area contributed by atoms with Crippen LogP contribution in [-0.4, -0.2) is 4.98 Å². The van der Waals surface area contributed by atoms with E-state index < -0.39 is 0 Å². The molecule has 0 aromatic carbocycles. The van der Waals surface area contributed by atoms with Crippen LogP contribution in [-0.2, 0) is 0 Å². The summed E-state index contributed by atoms with van der Waals surface area (Å²) in [4.78, 5) is 4.03. The summed E-state index contributed by atoms with van der Waals surface area (Å²) >= 11 is 0. The van der Waals surface area contributed by atoms with E-state index in [0.717, 1.165) is 6.33 Å². The second-order valence-electron chi connectivity index (χ2n) is 2.76. The molecule has 0 unspecified atom stereocenters. The first-order valence-corrected chi connectivity index (χ1v) is 4.00. The van der Waals surface area contributed by atoms with Crippen LogP contribution in [0.25, 0.3) is 11.3 Å². The summed E-state index contributed by atoms with van der Waals surface area (Å²) in [5, 5.41) is 21.9. The molecule has 0 N–H and O–H groups in total. The van der Waals surface area contributed by atoms with Gasteiger partial charge in [0.05, 0.1) is 5.69 Å². The van der Waals surface area contributed by atoms with Gasteiger partial charge < -0.3 is 10.4 Å². The molecule has 0 aliphatic carbocycles. The molecule has 0 aliphatic rings. The Balaban J connectivity index is 2.52. The van der Waals surface area contributed by atoms with Crippen molar-refractivity contribution in [2.24, 2.45) is 0 Å². The summed E-state index contributed by atoms with van der Waals surface area (Å²) in [7, 11) is 0. The molecular formula is C9H7N3O2. The zero-order valence-electron chi connectivity index (χ0n) is 7.20. The molecule has 0 radical (unpaired) electrons. The third-order valence-corrected chi connectivity index (χ3v) is 1.72. The summed E-state index contributed by atoms with van der Waals surface area (Å²) in [5.41, 5.74) is 1.10. The number of nitrogens with zero attached hydrogens (tertiary/aromatic N) is 3. The normalized spacial score (nSPS) is 10.0. The van der Waals surface area contributed by atoms with Gasteiger partial charge in [0, 0.05) is 6.20 Å². The van der Waals surface area contributed by atoms with Crippen LogP contribution in [0.4, 0.5) is 0 Å². The number of hydrogen-bond donors (Lipinski definition) is 0. The Kier molecular flexibility index (Phi) is 1.98. The van der Waals surface area contributed by atoms with Gasteiger partial charge in [0.15, 0.2) is 0 Å². The minimum absolute atomic E-state index is 0.455. The van der Waals surface area contributed by atoms with E-state index in [0.29, 0.717) is 20.7 Å². The van der Waals surface area contributed by atoms with Crippen molar-refractivity contribution in [2.75, 3.05) is 0 Å². The molecule has 0 spiro atoms. The number of aromatic nitrogens is 3. The first-order valence-electron chi connectivity index (χ1n) is 4.00. The zero-order valence-corrected chi connectivity index (χ0v) is 7.20. The Bertz CT molecular complexity index is 425. The Morgan fingerprint density at radius 1 is 1.07 bits per heavy atom. The van der Waals surface area contributed by atoms with Crippen LogP contribution in [0.3, 0.4) is 0 Å². The Morgan fingerprint density at radius 2 is 1.79 bits per heavy atom. The standard InChI is InChI=1S/C9H7N3O2/c13-11-5-8(6-12(14)7-11)9-3-1-2-4-10-9/h1-7H. The molecule has 0 amide bonds. The Morgan fingerprint density at radius 3 is 2.36 bits per heavy atom. The predicted octanol–water partition coefficient (Wildman–Crippen LogP) is 0.0154. The summed E-state index contributed by atoms with van der Waals surface area (Å²) in [6.45, 7) is 0. The van der Waals surface area contributed by atoms with Crippen LogP contribution >= 0.6 is 0 Å². The fraction of sp³-hybridized carbons (Fsp3) is 0. The maximum absolute atomic E-state index is 11.0. The largest absolute Gasteiger partial charge is 0.614 e. The minimum Gasteiger partial charge on any atom is -0.614 e. The molecule has 5 heteroatoms. The predicted molar refractivity (Wildman–Crippen MR) is 47.6 cm³/mol. The highest BCUT2D eigenvalue weighted by Gasteiger charge is 2.07. The fourth-order valence-corrected chi connectivity index (χ4v) is 1.15. The summed E-state index contributed by atoms with van der Waals surface area (Å²) < 4.78 is 0.911. The van der Waals surface area contributed by atoms with Crippen LogP contribution in [0.15, 0.2) is 43.1 Å². The van der Waals surface area contributed by atoms with E-state index in [1.165, 1.54) is 12.4 Å². The van der Waals surface area contributed by atoms with Crippen molar-refractivity contribution in [3.05, 3.63) is 53.5 Å². The molecule has 0 aliphatic heterocycles. The van der Waals surface area contributed by atoms with Crippen molar-refractivity contribution in [3.63, 3.8) is 0 Å². The van der Waals surface area contributed by atoms with Crippen LogP contribution in [0.2, 0.25) is 0 Å². The van der Waals surface area contributed by atoms with Crippen molar-refractivity contribution in [3.8, 4) is 11.3 Å². The zero-order chi connectivity index (χ0) is 9.97. The average Bonchev–Trinajstić information content (AvgIpc) is 2.18. The molecule has 14 heavy (non-hydrogen) atoms. The summed E-state index contributed by atoms with van der Waals surface area (Å²) in [5.74, 6) is 0. The minimum atomic E-state index is 0.455. The van der Waals surface area contributed by atoms with Gasteiger partial charge in [-0.3, -0.25) is 4.98 Å². The van der Waals surface area contributed by atoms with E-state index in [2.05, 4.69) is 4.98 Å². The van der Waals surface area contributed by atoms with E-state index in [1.807, 2.05) is 0 Å². The molecule has 0 fully saturated rings. The maximum Gasteiger partial charge on any atom is 0.429 e. The molecule has 0 atom stereocenters. The van der Waals surface area contributed by atoms with Crippen LogP contribution in [0, 0.1) is 10.4 Å². The third-order valence-electron chi connectivity index (χ3n) is 1.72. The van der Waals surface area contributed by atoms with Gasteiger partial charge in [-0.1, -0.05) is 6.07 Å². The third kappa shape index (κ3) is 1.61. The quantitative estimate of drug-likeness (QED) is 0.469. The van der Waals surface area contributed by atoms with Crippen molar-refractivity contribution in [1.82, 2.24) is 4.98 Å². The van der Waals surface area contributed by atoms with Gasteiger partial charge in [-0.25, -0.2) is 0 Å². The molecule has 2 aromatic heterocycles. The highest BCUT2D eigenvalue weighted by atomic mass is 16.5. The van der Waals surface area contributed by atoms with Gasteiger partial charge in [-0.05, 0) is 12.1 Å². The van der Waals surface area contributed by atoms with E-state index in [4.69, 9.17) is 0 Å². The van der Waals surface area contributed by atoms with Crippen molar-refractivity contribution in [1.29, 1.82) is 0 Å². The lowest BCUT2D eigenvalue weighted by atomic mass is 10.2. The van der Waals surface area contributed by atoms with Gasteiger partial charge in [-0.15, -0.1) is 9.46 Å². The number of hydrogen-bond acceptors (Lipinski definition) is 3. The monoisotopic (exact) mass is 189 g/mol. The lowest BCUT2D eigenvalue weighted by molar-refractivity contribution is -0.744. The number of rotatable bonds is 1. The first kappa shape index (κ1) is 8.43. The highest BCUT2D eigenvalue weighted by Crippen LogP contribution is 2.10. The molecule has 70 valence electrons. The second-order valence-corrected chi connectivity index (χ2v) is 2.76. The van der Waals surface area contributed by atoms with E-state index in [9.17, 15) is 10.4 Å². The highest BCUT2D eigenvalue weighted by molar-refractivity contribution is 5.54. The van der Waals surface area contributed by atoms with Crippen molar-refractivity contribution >= 4 is 0 Å². The van der Waals surface area contributed by atoms with Gasteiger partial charge in [0.2, 0.25) is 12.4 Å². The molecule has 2 aromatic rings. The van der Waals surface area contributed by atoms with Gasteiger partial charge in [0.1, 0.15) is 5.56 Å². The first-order chi connectivity index (χ1) is 6.75. The van der Waals surface area contributed by atoms with Crippen molar-refractivity contribution < 1.29 is 9.46 Å². The number of pyridine rings is 1. The lowest BCUT2D eigenvalue weighted by Crippen LogP contribution is -2.40.